The lowest BCUT2D eigenvalue weighted by Gasteiger charge is -2.13. The molecule has 1 heterocycles. The highest BCUT2D eigenvalue weighted by Crippen LogP contribution is 2.29. The number of hydrogen-bond acceptors (Lipinski definition) is 2. The molecule has 3 rings (SSSR count). The fourth-order valence-corrected chi connectivity index (χ4v) is 2.43. The molecule has 0 radical (unpaired) electrons. The van der Waals surface area contributed by atoms with Crippen molar-refractivity contribution in [1.82, 2.24) is 9.88 Å². The van der Waals surface area contributed by atoms with Gasteiger partial charge in [-0.1, -0.05) is 23.7 Å². The molecule has 0 unspecified atom stereocenters. The lowest BCUT2D eigenvalue weighted by molar-refractivity contribution is -0.124. The number of benzene rings is 1. The maximum absolute atomic E-state index is 12.0. The summed E-state index contributed by atoms with van der Waals surface area (Å²) in [6.45, 7) is 0.851. The van der Waals surface area contributed by atoms with Gasteiger partial charge < -0.3 is 4.90 Å². The predicted octanol–water partition coefficient (Wildman–Crippen LogP) is 3.77. The standard InChI is InChI=1S/C17H17ClN2O/c1-20(11-12-2-3-12)17(21)9-8-15-7-5-13-4-6-14(18)10-16(13)19-15/h4-10,12H,2-3,11H2,1H3. The van der Waals surface area contributed by atoms with Gasteiger partial charge in [0.15, 0.2) is 0 Å². The van der Waals surface area contributed by atoms with Crippen LogP contribution < -0.4 is 0 Å². The maximum Gasteiger partial charge on any atom is 0.246 e. The summed E-state index contributed by atoms with van der Waals surface area (Å²) in [7, 11) is 1.85. The third-order valence-corrected chi connectivity index (χ3v) is 3.91. The first-order valence-corrected chi connectivity index (χ1v) is 7.49. The lowest BCUT2D eigenvalue weighted by atomic mass is 10.2. The summed E-state index contributed by atoms with van der Waals surface area (Å²) in [5, 5.41) is 1.70. The average molecular weight is 301 g/mol. The summed E-state index contributed by atoms with van der Waals surface area (Å²) in [6.07, 6.45) is 5.83. The van der Waals surface area contributed by atoms with Crippen LogP contribution in [0, 0.1) is 5.92 Å². The second-order valence-corrected chi connectivity index (χ2v) is 6.01. The van der Waals surface area contributed by atoms with Crippen molar-refractivity contribution in [2.24, 2.45) is 5.92 Å². The number of carbonyl (C=O) groups excluding carboxylic acids is 1. The fourth-order valence-electron chi connectivity index (χ4n) is 2.26. The molecule has 108 valence electrons. The van der Waals surface area contributed by atoms with E-state index >= 15 is 0 Å². The summed E-state index contributed by atoms with van der Waals surface area (Å²) >= 11 is 5.98. The van der Waals surface area contributed by atoms with Crippen molar-refractivity contribution in [3.8, 4) is 0 Å². The molecule has 0 N–H and O–H groups in total. The van der Waals surface area contributed by atoms with Crippen LogP contribution >= 0.6 is 11.6 Å². The monoisotopic (exact) mass is 300 g/mol. The number of amides is 1. The highest BCUT2D eigenvalue weighted by Gasteiger charge is 2.23. The molecule has 1 aliphatic carbocycles. The van der Waals surface area contributed by atoms with Crippen LogP contribution in [-0.2, 0) is 4.79 Å². The van der Waals surface area contributed by atoms with Crippen LogP contribution in [0.4, 0.5) is 0 Å². The van der Waals surface area contributed by atoms with Gasteiger partial charge in [-0.05, 0) is 43.0 Å². The van der Waals surface area contributed by atoms with E-state index in [1.807, 2.05) is 37.4 Å². The van der Waals surface area contributed by atoms with Crippen LogP contribution in [-0.4, -0.2) is 29.4 Å². The molecule has 1 aromatic heterocycles. The first kappa shape index (κ1) is 14.1. The Kier molecular flexibility index (Phi) is 3.93. The van der Waals surface area contributed by atoms with E-state index in [0.717, 1.165) is 23.1 Å². The van der Waals surface area contributed by atoms with E-state index in [1.165, 1.54) is 12.8 Å². The normalized spacial score (nSPS) is 14.8. The van der Waals surface area contributed by atoms with Crippen LogP contribution in [0.1, 0.15) is 18.5 Å². The minimum absolute atomic E-state index is 0.0230. The highest BCUT2D eigenvalue weighted by molar-refractivity contribution is 6.31. The summed E-state index contributed by atoms with van der Waals surface area (Å²) in [5.74, 6) is 0.725. The number of hydrogen-bond donors (Lipinski definition) is 0. The van der Waals surface area contributed by atoms with Crippen LogP contribution in [0.3, 0.4) is 0 Å². The molecule has 21 heavy (non-hydrogen) atoms. The van der Waals surface area contributed by atoms with E-state index in [-0.39, 0.29) is 5.91 Å². The topological polar surface area (TPSA) is 33.2 Å². The molecular formula is C17H17ClN2O. The second kappa shape index (κ2) is 5.86. The first-order valence-electron chi connectivity index (χ1n) is 7.11. The Bertz CT molecular complexity index is 707. The smallest absolute Gasteiger partial charge is 0.246 e. The zero-order chi connectivity index (χ0) is 14.8. The summed E-state index contributed by atoms with van der Waals surface area (Å²) in [4.78, 5) is 18.3. The third kappa shape index (κ3) is 3.61. The van der Waals surface area contributed by atoms with E-state index < -0.39 is 0 Å². The summed E-state index contributed by atoms with van der Waals surface area (Å²) < 4.78 is 0. The van der Waals surface area contributed by atoms with Gasteiger partial charge in [-0.2, -0.15) is 0 Å². The number of pyridine rings is 1. The van der Waals surface area contributed by atoms with Crippen molar-refractivity contribution in [2.75, 3.05) is 13.6 Å². The van der Waals surface area contributed by atoms with Gasteiger partial charge in [0.2, 0.25) is 5.91 Å². The Hall–Kier alpha value is -1.87. The minimum Gasteiger partial charge on any atom is -0.342 e. The second-order valence-electron chi connectivity index (χ2n) is 5.57. The molecule has 1 amide bonds. The number of fused-ring (bicyclic) bond motifs is 1. The molecular weight excluding hydrogens is 284 g/mol. The molecule has 1 aromatic carbocycles. The van der Waals surface area contributed by atoms with Crippen molar-refractivity contribution in [3.05, 3.63) is 47.1 Å². The number of carbonyl (C=O) groups is 1. The van der Waals surface area contributed by atoms with Gasteiger partial charge in [0.05, 0.1) is 11.2 Å². The zero-order valence-electron chi connectivity index (χ0n) is 11.9. The summed E-state index contributed by atoms with van der Waals surface area (Å²) in [6, 6.07) is 9.50. The number of nitrogens with zero attached hydrogens (tertiary/aromatic N) is 2. The van der Waals surface area contributed by atoms with Crippen LogP contribution in [0.2, 0.25) is 5.02 Å². The molecule has 2 aromatic rings. The average Bonchev–Trinajstić information content (AvgIpc) is 3.28. The van der Waals surface area contributed by atoms with Gasteiger partial charge in [0.25, 0.3) is 0 Å². The van der Waals surface area contributed by atoms with Gasteiger partial charge in [-0.3, -0.25) is 4.79 Å². The molecule has 4 heteroatoms. The van der Waals surface area contributed by atoms with E-state index in [2.05, 4.69) is 4.98 Å². The van der Waals surface area contributed by atoms with E-state index in [0.29, 0.717) is 10.9 Å². The molecule has 0 bridgehead atoms. The van der Waals surface area contributed by atoms with Crippen LogP contribution in [0.25, 0.3) is 17.0 Å². The van der Waals surface area contributed by atoms with Crippen molar-refractivity contribution in [1.29, 1.82) is 0 Å². The van der Waals surface area contributed by atoms with Crippen LogP contribution in [0.15, 0.2) is 36.4 Å². The number of halogens is 1. The molecule has 0 saturated heterocycles. The predicted molar refractivity (Wildman–Crippen MR) is 86.1 cm³/mol. The quantitative estimate of drug-likeness (QED) is 0.805. The Morgan fingerprint density at radius 1 is 1.38 bits per heavy atom. The fraction of sp³-hybridized carbons (Fsp3) is 0.294. The molecule has 1 saturated carbocycles. The van der Waals surface area contributed by atoms with E-state index in [9.17, 15) is 4.79 Å². The maximum atomic E-state index is 12.0. The van der Waals surface area contributed by atoms with Gasteiger partial charge in [-0.15, -0.1) is 0 Å². The Labute approximate surface area is 129 Å². The van der Waals surface area contributed by atoms with Crippen molar-refractivity contribution >= 4 is 34.5 Å². The number of aromatic nitrogens is 1. The summed E-state index contributed by atoms with van der Waals surface area (Å²) in [5.41, 5.74) is 1.60. The number of rotatable bonds is 4. The highest BCUT2D eigenvalue weighted by atomic mass is 35.5. The molecule has 0 spiro atoms. The minimum atomic E-state index is 0.0230. The number of likely N-dealkylation sites (N-methyl/N-ethyl adjacent to an activating group) is 1. The van der Waals surface area contributed by atoms with E-state index in [4.69, 9.17) is 11.6 Å². The van der Waals surface area contributed by atoms with Gasteiger partial charge in [0.1, 0.15) is 0 Å². The molecule has 3 nitrogen and oxygen atoms in total. The van der Waals surface area contributed by atoms with Gasteiger partial charge in [-0.25, -0.2) is 4.98 Å². The molecule has 0 atom stereocenters. The van der Waals surface area contributed by atoms with Crippen molar-refractivity contribution in [3.63, 3.8) is 0 Å². The van der Waals surface area contributed by atoms with Gasteiger partial charge in [0, 0.05) is 30.1 Å². The third-order valence-electron chi connectivity index (χ3n) is 3.68. The van der Waals surface area contributed by atoms with Crippen molar-refractivity contribution in [2.45, 2.75) is 12.8 Å². The Balaban J connectivity index is 1.73. The molecule has 1 fully saturated rings. The SMILES string of the molecule is CN(CC1CC1)C(=O)C=Cc1ccc2ccc(Cl)cc2n1. The van der Waals surface area contributed by atoms with Crippen molar-refractivity contribution < 1.29 is 4.79 Å². The molecule has 0 aliphatic heterocycles. The van der Waals surface area contributed by atoms with Crippen LogP contribution in [0.5, 0.6) is 0 Å². The lowest BCUT2D eigenvalue weighted by Crippen LogP contribution is -2.26. The zero-order valence-corrected chi connectivity index (χ0v) is 12.7. The Morgan fingerprint density at radius 3 is 2.90 bits per heavy atom. The van der Waals surface area contributed by atoms with E-state index in [1.54, 1.807) is 17.1 Å². The Morgan fingerprint density at radius 2 is 2.14 bits per heavy atom. The molecule has 1 aliphatic rings. The van der Waals surface area contributed by atoms with Gasteiger partial charge >= 0.3 is 0 Å². The largest absolute Gasteiger partial charge is 0.342 e. The first-order chi connectivity index (χ1) is 10.1.